The number of carbonyl (C=O) groups is 2. The minimum absolute atomic E-state index is 0.236. The summed E-state index contributed by atoms with van der Waals surface area (Å²) in [6.07, 6.45) is 0.911. The number of amides is 2. The molecule has 0 saturated heterocycles. The fourth-order valence-electron chi connectivity index (χ4n) is 2.46. The molecule has 2 aromatic carbocycles. The first-order valence-electron chi connectivity index (χ1n) is 8.65. The molecule has 0 radical (unpaired) electrons. The van der Waals surface area contributed by atoms with Gasteiger partial charge >= 0.3 is 0 Å². The minimum Gasteiger partial charge on any atom is -0.494 e. The number of para-hydroxylation sites is 1. The van der Waals surface area contributed by atoms with Gasteiger partial charge in [-0.25, -0.2) is 0 Å². The fourth-order valence-corrected chi connectivity index (χ4v) is 3.08. The molecular formula is C21H20N2O3S. The number of thiophene rings is 1. The van der Waals surface area contributed by atoms with Crippen LogP contribution in [0, 0.1) is 0 Å². The molecule has 0 saturated carbocycles. The highest BCUT2D eigenvalue weighted by atomic mass is 32.1. The van der Waals surface area contributed by atoms with Crippen molar-refractivity contribution in [2.75, 3.05) is 17.2 Å². The van der Waals surface area contributed by atoms with Gasteiger partial charge in [-0.05, 0) is 42.1 Å². The molecular weight excluding hydrogens is 360 g/mol. The third-order valence-electron chi connectivity index (χ3n) is 3.73. The monoisotopic (exact) mass is 380 g/mol. The van der Waals surface area contributed by atoms with Crippen molar-refractivity contribution >= 4 is 34.5 Å². The summed E-state index contributed by atoms with van der Waals surface area (Å²) in [4.78, 5) is 25.6. The van der Waals surface area contributed by atoms with Crippen LogP contribution in [-0.4, -0.2) is 18.4 Å². The van der Waals surface area contributed by atoms with Gasteiger partial charge in [0.15, 0.2) is 0 Å². The van der Waals surface area contributed by atoms with Crippen LogP contribution < -0.4 is 15.4 Å². The van der Waals surface area contributed by atoms with Gasteiger partial charge in [0.25, 0.3) is 11.8 Å². The maximum absolute atomic E-state index is 12.7. The van der Waals surface area contributed by atoms with Gasteiger partial charge in [-0.2, -0.15) is 0 Å². The van der Waals surface area contributed by atoms with Crippen LogP contribution in [0.1, 0.15) is 33.4 Å². The standard InChI is InChI=1S/C21H20N2O3S/c1-2-12-26-16-8-5-7-15(14-16)22-20(24)17-9-3-4-10-18(17)23-21(25)19-11-6-13-27-19/h3-11,13-14H,2,12H2,1H3,(H,22,24)(H,23,25). The van der Waals surface area contributed by atoms with E-state index in [2.05, 4.69) is 10.6 Å². The van der Waals surface area contributed by atoms with Crippen molar-refractivity contribution in [3.63, 3.8) is 0 Å². The van der Waals surface area contributed by atoms with Crippen molar-refractivity contribution in [2.45, 2.75) is 13.3 Å². The molecule has 6 heteroatoms. The lowest BCUT2D eigenvalue weighted by atomic mass is 10.1. The summed E-state index contributed by atoms with van der Waals surface area (Å²) in [6, 6.07) is 17.7. The predicted molar refractivity (Wildman–Crippen MR) is 109 cm³/mol. The highest BCUT2D eigenvalue weighted by molar-refractivity contribution is 7.12. The van der Waals surface area contributed by atoms with Crippen LogP contribution >= 0.6 is 11.3 Å². The molecule has 27 heavy (non-hydrogen) atoms. The van der Waals surface area contributed by atoms with E-state index < -0.39 is 0 Å². The zero-order valence-corrected chi connectivity index (χ0v) is 15.7. The normalized spacial score (nSPS) is 10.3. The summed E-state index contributed by atoms with van der Waals surface area (Å²) in [5.41, 5.74) is 1.49. The van der Waals surface area contributed by atoms with Crippen molar-refractivity contribution in [1.82, 2.24) is 0 Å². The van der Waals surface area contributed by atoms with E-state index in [0.29, 0.717) is 34.2 Å². The number of rotatable bonds is 7. The summed E-state index contributed by atoms with van der Waals surface area (Å²) in [6.45, 7) is 2.65. The number of anilines is 2. The SMILES string of the molecule is CCCOc1cccc(NC(=O)c2ccccc2NC(=O)c2cccs2)c1. The van der Waals surface area contributed by atoms with Crippen molar-refractivity contribution in [3.05, 3.63) is 76.5 Å². The van der Waals surface area contributed by atoms with Crippen LogP contribution in [0.4, 0.5) is 11.4 Å². The van der Waals surface area contributed by atoms with Gasteiger partial charge in [-0.3, -0.25) is 9.59 Å². The van der Waals surface area contributed by atoms with Crippen molar-refractivity contribution in [3.8, 4) is 5.75 Å². The molecule has 0 spiro atoms. The van der Waals surface area contributed by atoms with E-state index in [4.69, 9.17) is 4.74 Å². The first-order chi connectivity index (χ1) is 13.2. The maximum atomic E-state index is 12.7. The number of benzene rings is 2. The van der Waals surface area contributed by atoms with Crippen molar-refractivity contribution < 1.29 is 14.3 Å². The number of ether oxygens (including phenoxy) is 1. The van der Waals surface area contributed by atoms with Crippen LogP contribution in [-0.2, 0) is 0 Å². The smallest absolute Gasteiger partial charge is 0.265 e. The fraction of sp³-hybridized carbons (Fsp3) is 0.143. The lowest BCUT2D eigenvalue weighted by Gasteiger charge is -2.12. The second kappa shape index (κ2) is 9.00. The molecule has 0 unspecified atom stereocenters. The maximum Gasteiger partial charge on any atom is 0.265 e. The minimum atomic E-state index is -0.301. The zero-order chi connectivity index (χ0) is 19.1. The molecule has 0 fully saturated rings. The van der Waals surface area contributed by atoms with Gasteiger partial charge in [0.1, 0.15) is 5.75 Å². The molecule has 5 nitrogen and oxygen atoms in total. The highest BCUT2D eigenvalue weighted by Gasteiger charge is 2.15. The Kier molecular flexibility index (Phi) is 6.22. The summed E-state index contributed by atoms with van der Waals surface area (Å²) >= 11 is 1.35. The van der Waals surface area contributed by atoms with Gasteiger partial charge in [-0.15, -0.1) is 11.3 Å². The number of carbonyl (C=O) groups excluding carboxylic acids is 2. The molecule has 1 aromatic heterocycles. The lowest BCUT2D eigenvalue weighted by Crippen LogP contribution is -2.17. The Hall–Kier alpha value is -3.12. The van der Waals surface area contributed by atoms with E-state index in [1.165, 1.54) is 11.3 Å². The Morgan fingerprint density at radius 2 is 1.81 bits per heavy atom. The molecule has 1 heterocycles. The van der Waals surface area contributed by atoms with E-state index in [0.717, 1.165) is 6.42 Å². The second-order valence-corrected chi connectivity index (χ2v) is 6.76. The molecule has 0 atom stereocenters. The van der Waals surface area contributed by atoms with E-state index in [9.17, 15) is 9.59 Å². The Morgan fingerprint density at radius 3 is 2.59 bits per heavy atom. The van der Waals surface area contributed by atoms with Crippen LogP contribution in [0.15, 0.2) is 66.0 Å². The van der Waals surface area contributed by atoms with E-state index in [1.54, 1.807) is 42.5 Å². The second-order valence-electron chi connectivity index (χ2n) is 5.81. The van der Waals surface area contributed by atoms with Crippen molar-refractivity contribution in [1.29, 1.82) is 0 Å². The zero-order valence-electron chi connectivity index (χ0n) is 14.9. The molecule has 3 rings (SSSR count). The Morgan fingerprint density at radius 1 is 0.963 bits per heavy atom. The topological polar surface area (TPSA) is 67.4 Å². The third kappa shape index (κ3) is 4.95. The quantitative estimate of drug-likeness (QED) is 0.603. The average molecular weight is 380 g/mol. The van der Waals surface area contributed by atoms with Crippen LogP contribution in [0.25, 0.3) is 0 Å². The highest BCUT2D eigenvalue weighted by Crippen LogP contribution is 2.22. The number of hydrogen-bond donors (Lipinski definition) is 2. The predicted octanol–water partition coefficient (Wildman–Crippen LogP) is 5.04. The summed E-state index contributed by atoms with van der Waals surface area (Å²) in [5.74, 6) is 0.166. The van der Waals surface area contributed by atoms with Gasteiger partial charge in [0, 0.05) is 11.8 Å². The van der Waals surface area contributed by atoms with Crippen LogP contribution in [0.3, 0.4) is 0 Å². The lowest BCUT2D eigenvalue weighted by molar-refractivity contribution is 0.102. The summed E-state index contributed by atoms with van der Waals surface area (Å²) in [5, 5.41) is 7.50. The van der Waals surface area contributed by atoms with Crippen LogP contribution in [0.5, 0.6) is 5.75 Å². The molecule has 3 aromatic rings. The van der Waals surface area contributed by atoms with E-state index in [-0.39, 0.29) is 11.8 Å². The van der Waals surface area contributed by atoms with Crippen molar-refractivity contribution in [2.24, 2.45) is 0 Å². The number of nitrogens with one attached hydrogen (secondary N) is 2. The first-order valence-corrected chi connectivity index (χ1v) is 9.53. The van der Waals surface area contributed by atoms with E-state index >= 15 is 0 Å². The summed E-state index contributed by atoms with van der Waals surface area (Å²) < 4.78 is 5.59. The largest absolute Gasteiger partial charge is 0.494 e. The molecule has 2 amide bonds. The number of hydrogen-bond acceptors (Lipinski definition) is 4. The molecule has 0 aliphatic rings. The molecule has 2 N–H and O–H groups in total. The summed E-state index contributed by atoms with van der Waals surface area (Å²) in [7, 11) is 0. The molecule has 0 bridgehead atoms. The third-order valence-corrected chi connectivity index (χ3v) is 4.60. The molecule has 0 aliphatic carbocycles. The Bertz CT molecular complexity index is 923. The Labute approximate surface area is 162 Å². The van der Waals surface area contributed by atoms with E-state index in [1.807, 2.05) is 30.5 Å². The Balaban J connectivity index is 1.74. The van der Waals surface area contributed by atoms with Gasteiger partial charge in [0.05, 0.1) is 22.7 Å². The van der Waals surface area contributed by atoms with Gasteiger partial charge < -0.3 is 15.4 Å². The van der Waals surface area contributed by atoms with Crippen LogP contribution in [0.2, 0.25) is 0 Å². The van der Waals surface area contributed by atoms with Gasteiger partial charge in [-0.1, -0.05) is 31.2 Å². The van der Waals surface area contributed by atoms with Gasteiger partial charge in [0.2, 0.25) is 0 Å². The molecule has 138 valence electrons. The first kappa shape index (κ1) is 18.7. The molecule has 0 aliphatic heterocycles. The average Bonchev–Trinajstić information content (AvgIpc) is 3.22.